The van der Waals surface area contributed by atoms with E-state index in [9.17, 15) is 5.11 Å². The fourth-order valence-corrected chi connectivity index (χ4v) is 3.55. The average molecular weight is 330 g/mol. The molecule has 0 aliphatic heterocycles. The van der Waals surface area contributed by atoms with Crippen LogP contribution in [-0.4, -0.2) is 30.8 Å². The van der Waals surface area contributed by atoms with E-state index < -0.39 is 5.60 Å². The predicted molar refractivity (Wildman–Crippen MR) is 95.9 cm³/mol. The first-order chi connectivity index (χ1) is 10.9. The van der Waals surface area contributed by atoms with Crippen molar-refractivity contribution in [2.24, 2.45) is 0 Å². The zero-order chi connectivity index (χ0) is 16.6. The first kappa shape index (κ1) is 16.1. The fourth-order valence-electron chi connectivity index (χ4n) is 2.67. The highest BCUT2D eigenvalue weighted by atomic mass is 32.2. The van der Waals surface area contributed by atoms with Crippen molar-refractivity contribution in [2.45, 2.75) is 44.2 Å². The molecular formula is C17H22N4OS. The number of hydrogen-bond acceptors (Lipinski definition) is 5. The number of nitrogens with two attached hydrogens (primary N) is 1. The lowest BCUT2D eigenvalue weighted by Gasteiger charge is -2.18. The Bertz CT molecular complexity index is 851. The van der Waals surface area contributed by atoms with Gasteiger partial charge in [0.15, 0.2) is 11.5 Å². The molecule has 0 atom stereocenters. The summed E-state index contributed by atoms with van der Waals surface area (Å²) in [7, 11) is 0. The Hall–Kier alpha value is -1.79. The van der Waals surface area contributed by atoms with Crippen LogP contribution in [-0.2, 0) is 6.42 Å². The van der Waals surface area contributed by atoms with Crippen LogP contribution in [0.15, 0.2) is 29.3 Å². The van der Waals surface area contributed by atoms with E-state index >= 15 is 0 Å². The van der Waals surface area contributed by atoms with Crippen LogP contribution in [0.25, 0.3) is 16.7 Å². The van der Waals surface area contributed by atoms with E-state index in [1.54, 1.807) is 11.8 Å². The SMILES string of the molecule is CCCSc1nc2c(N)nc3ccccc3n2c1CC(C)(C)O. The summed E-state index contributed by atoms with van der Waals surface area (Å²) in [5, 5.41) is 11.3. The third-order valence-corrected chi connectivity index (χ3v) is 4.78. The van der Waals surface area contributed by atoms with E-state index in [1.165, 1.54) is 0 Å². The fraction of sp³-hybridized carbons (Fsp3) is 0.412. The Morgan fingerprint density at radius 3 is 2.70 bits per heavy atom. The zero-order valence-electron chi connectivity index (χ0n) is 13.7. The first-order valence-corrected chi connectivity index (χ1v) is 8.80. The molecule has 0 aliphatic rings. The van der Waals surface area contributed by atoms with E-state index in [0.717, 1.165) is 33.9 Å². The number of benzene rings is 1. The highest BCUT2D eigenvalue weighted by Crippen LogP contribution is 2.31. The molecule has 1 aromatic carbocycles. The third kappa shape index (κ3) is 3.14. The molecule has 2 heterocycles. The number of nitrogen functional groups attached to an aromatic ring is 1. The lowest BCUT2D eigenvalue weighted by atomic mass is 10.0. The summed E-state index contributed by atoms with van der Waals surface area (Å²) in [4.78, 5) is 9.17. The van der Waals surface area contributed by atoms with Crippen molar-refractivity contribution in [1.29, 1.82) is 0 Å². The van der Waals surface area contributed by atoms with Gasteiger partial charge in [0.1, 0.15) is 5.03 Å². The minimum absolute atomic E-state index is 0.420. The molecule has 0 spiro atoms. The average Bonchev–Trinajstić information content (AvgIpc) is 2.83. The molecule has 122 valence electrons. The van der Waals surface area contributed by atoms with Crippen LogP contribution >= 0.6 is 11.8 Å². The molecule has 23 heavy (non-hydrogen) atoms. The summed E-state index contributed by atoms with van der Waals surface area (Å²) in [5.74, 6) is 1.40. The van der Waals surface area contributed by atoms with Gasteiger partial charge in [-0.15, -0.1) is 11.8 Å². The normalized spacial score (nSPS) is 12.3. The monoisotopic (exact) mass is 330 g/mol. The molecule has 6 heteroatoms. The molecule has 0 unspecified atom stereocenters. The molecule has 0 fully saturated rings. The van der Waals surface area contributed by atoms with Crippen LogP contribution in [0, 0.1) is 0 Å². The first-order valence-electron chi connectivity index (χ1n) is 7.81. The second-order valence-electron chi connectivity index (χ2n) is 6.35. The Morgan fingerprint density at radius 1 is 1.26 bits per heavy atom. The minimum atomic E-state index is -0.823. The molecule has 0 saturated heterocycles. The summed E-state index contributed by atoms with van der Waals surface area (Å²) in [6, 6.07) is 7.88. The number of rotatable bonds is 5. The van der Waals surface area contributed by atoms with Crippen molar-refractivity contribution in [3.05, 3.63) is 30.0 Å². The maximum absolute atomic E-state index is 10.3. The second kappa shape index (κ2) is 6.02. The molecule has 3 rings (SSSR count). The van der Waals surface area contributed by atoms with Crippen molar-refractivity contribution in [1.82, 2.24) is 14.4 Å². The number of para-hydroxylation sites is 2. The molecule has 5 nitrogen and oxygen atoms in total. The quantitative estimate of drug-likeness (QED) is 0.702. The Morgan fingerprint density at radius 2 is 2.00 bits per heavy atom. The number of anilines is 1. The third-order valence-electron chi connectivity index (χ3n) is 3.57. The van der Waals surface area contributed by atoms with Gasteiger partial charge in [-0.2, -0.15) is 0 Å². The van der Waals surface area contributed by atoms with Gasteiger partial charge in [0.2, 0.25) is 0 Å². The number of aliphatic hydroxyl groups is 1. The van der Waals surface area contributed by atoms with E-state index in [4.69, 9.17) is 10.7 Å². The minimum Gasteiger partial charge on any atom is -0.390 e. The van der Waals surface area contributed by atoms with Crippen molar-refractivity contribution in [3.63, 3.8) is 0 Å². The lowest BCUT2D eigenvalue weighted by Crippen LogP contribution is -2.23. The van der Waals surface area contributed by atoms with Gasteiger partial charge in [-0.3, -0.25) is 4.40 Å². The van der Waals surface area contributed by atoms with Gasteiger partial charge in [-0.1, -0.05) is 19.1 Å². The molecule has 2 aromatic heterocycles. The van der Waals surface area contributed by atoms with Gasteiger partial charge >= 0.3 is 0 Å². The van der Waals surface area contributed by atoms with E-state index in [0.29, 0.717) is 17.9 Å². The predicted octanol–water partition coefficient (Wildman–Crippen LogP) is 3.28. The van der Waals surface area contributed by atoms with Crippen molar-refractivity contribution >= 4 is 34.3 Å². The maximum atomic E-state index is 10.3. The lowest BCUT2D eigenvalue weighted by molar-refractivity contribution is 0.0791. The van der Waals surface area contributed by atoms with Crippen LogP contribution in [0.4, 0.5) is 5.82 Å². The summed E-state index contributed by atoms with van der Waals surface area (Å²) < 4.78 is 2.05. The van der Waals surface area contributed by atoms with Crippen LogP contribution in [0.3, 0.4) is 0 Å². The number of nitrogens with zero attached hydrogens (tertiary/aromatic N) is 3. The molecular weight excluding hydrogens is 308 g/mol. The van der Waals surface area contributed by atoms with Gasteiger partial charge in [0.25, 0.3) is 0 Å². The standard InChI is InChI=1S/C17H22N4OS/c1-4-9-23-16-13(10-17(2,3)22)21-12-8-6-5-7-11(12)19-14(18)15(21)20-16/h5-8,22H,4,9-10H2,1-3H3,(H2,18,19). The zero-order valence-corrected chi connectivity index (χ0v) is 14.5. The van der Waals surface area contributed by atoms with Gasteiger partial charge in [-0.05, 0) is 38.2 Å². The molecule has 0 radical (unpaired) electrons. The van der Waals surface area contributed by atoms with Gasteiger partial charge in [-0.25, -0.2) is 9.97 Å². The number of hydrogen-bond donors (Lipinski definition) is 2. The van der Waals surface area contributed by atoms with Crippen LogP contribution in [0.1, 0.15) is 32.9 Å². The number of imidazole rings is 1. The number of aromatic nitrogens is 3. The van der Waals surface area contributed by atoms with E-state index in [1.807, 2.05) is 42.5 Å². The summed E-state index contributed by atoms with van der Waals surface area (Å²) in [6.07, 6.45) is 1.57. The Labute approximate surface area is 139 Å². The Balaban J connectivity index is 2.32. The van der Waals surface area contributed by atoms with Gasteiger partial charge in [0, 0.05) is 6.42 Å². The maximum Gasteiger partial charge on any atom is 0.181 e. The topological polar surface area (TPSA) is 76.4 Å². The summed E-state index contributed by atoms with van der Waals surface area (Å²) in [6.45, 7) is 5.77. The molecule has 3 N–H and O–H groups in total. The molecule has 0 aliphatic carbocycles. The molecule has 0 bridgehead atoms. The number of thioether (sulfide) groups is 1. The van der Waals surface area contributed by atoms with Crippen molar-refractivity contribution in [2.75, 3.05) is 11.5 Å². The van der Waals surface area contributed by atoms with Gasteiger partial charge in [0.05, 0.1) is 22.3 Å². The van der Waals surface area contributed by atoms with Crippen molar-refractivity contribution < 1.29 is 5.11 Å². The second-order valence-corrected chi connectivity index (χ2v) is 7.43. The molecule has 0 amide bonds. The molecule has 0 saturated carbocycles. The summed E-state index contributed by atoms with van der Waals surface area (Å²) >= 11 is 1.70. The summed E-state index contributed by atoms with van der Waals surface area (Å²) in [5.41, 5.74) is 8.77. The van der Waals surface area contributed by atoms with Crippen molar-refractivity contribution in [3.8, 4) is 0 Å². The highest BCUT2D eigenvalue weighted by Gasteiger charge is 2.23. The van der Waals surface area contributed by atoms with Crippen LogP contribution in [0.2, 0.25) is 0 Å². The smallest absolute Gasteiger partial charge is 0.181 e. The van der Waals surface area contributed by atoms with Crippen LogP contribution in [0.5, 0.6) is 0 Å². The van der Waals surface area contributed by atoms with Crippen LogP contribution < -0.4 is 5.73 Å². The largest absolute Gasteiger partial charge is 0.390 e. The molecule has 3 aromatic rings. The highest BCUT2D eigenvalue weighted by molar-refractivity contribution is 7.99. The van der Waals surface area contributed by atoms with E-state index in [2.05, 4.69) is 11.9 Å². The van der Waals surface area contributed by atoms with E-state index in [-0.39, 0.29) is 0 Å². The Kier molecular flexibility index (Phi) is 4.21. The number of fused-ring (bicyclic) bond motifs is 3. The van der Waals surface area contributed by atoms with Gasteiger partial charge < -0.3 is 10.8 Å².